The predicted octanol–water partition coefficient (Wildman–Crippen LogP) is -1.11. The molecule has 2 aromatic rings. The topological polar surface area (TPSA) is 112 Å². The Labute approximate surface area is 116 Å². The van der Waals surface area contributed by atoms with Crippen molar-refractivity contribution in [3.63, 3.8) is 0 Å². The smallest absolute Gasteiger partial charge is 0.241 e. The van der Waals surface area contributed by atoms with Crippen LogP contribution in [0, 0.1) is 0 Å². The van der Waals surface area contributed by atoms with Crippen LogP contribution in [0.4, 0.5) is 11.9 Å². The maximum Gasteiger partial charge on any atom is 0.241 e. The fourth-order valence-electron chi connectivity index (χ4n) is 1.65. The number of hydrogen-bond donors (Lipinski definition) is 3. The standard InChI is InChI=1S/C11H17N7O2/c1-12-9-14-10(17(4-6-19)5-7-20)16-11(15-9)18-3-2-13-8-18/h2-3,8,19-20H,4-7H2,1H3,(H,12,14,15,16). The highest BCUT2D eigenvalue weighted by atomic mass is 16.3. The number of nitrogens with zero attached hydrogens (tertiary/aromatic N) is 6. The van der Waals surface area contributed by atoms with Gasteiger partial charge >= 0.3 is 0 Å². The third-order valence-electron chi connectivity index (χ3n) is 2.59. The second kappa shape index (κ2) is 6.78. The lowest BCUT2D eigenvalue weighted by molar-refractivity contribution is 0.280. The van der Waals surface area contributed by atoms with Gasteiger partial charge in [-0.25, -0.2) is 4.98 Å². The van der Waals surface area contributed by atoms with Crippen LogP contribution in [-0.4, -0.2) is 68.1 Å². The van der Waals surface area contributed by atoms with Crippen LogP contribution >= 0.6 is 0 Å². The van der Waals surface area contributed by atoms with E-state index in [-0.39, 0.29) is 13.2 Å². The Morgan fingerprint density at radius 1 is 1.20 bits per heavy atom. The van der Waals surface area contributed by atoms with E-state index in [0.717, 1.165) is 0 Å². The fourth-order valence-corrected chi connectivity index (χ4v) is 1.65. The van der Waals surface area contributed by atoms with Crippen LogP contribution in [0.1, 0.15) is 0 Å². The molecule has 20 heavy (non-hydrogen) atoms. The van der Waals surface area contributed by atoms with Crippen molar-refractivity contribution >= 4 is 11.9 Å². The molecule has 0 saturated carbocycles. The first kappa shape index (κ1) is 14.2. The first-order valence-electron chi connectivity index (χ1n) is 6.17. The molecule has 2 rings (SSSR count). The summed E-state index contributed by atoms with van der Waals surface area (Å²) in [7, 11) is 1.71. The van der Waals surface area contributed by atoms with E-state index in [0.29, 0.717) is 30.9 Å². The summed E-state index contributed by atoms with van der Waals surface area (Å²) in [5.74, 6) is 1.20. The molecule has 0 atom stereocenters. The van der Waals surface area contributed by atoms with Crippen molar-refractivity contribution in [3.8, 4) is 5.95 Å². The Hall–Kier alpha value is -2.26. The van der Waals surface area contributed by atoms with Gasteiger partial charge in [0, 0.05) is 32.5 Å². The lowest BCUT2D eigenvalue weighted by Gasteiger charge is -2.21. The molecule has 108 valence electrons. The normalized spacial score (nSPS) is 10.6. The number of imidazole rings is 1. The number of aliphatic hydroxyl groups excluding tert-OH is 2. The summed E-state index contributed by atoms with van der Waals surface area (Å²) in [6.07, 6.45) is 4.93. The van der Waals surface area contributed by atoms with Crippen molar-refractivity contribution in [2.45, 2.75) is 0 Å². The quantitative estimate of drug-likeness (QED) is 0.585. The SMILES string of the molecule is CNc1nc(N(CCO)CCO)nc(-n2ccnc2)n1. The number of anilines is 2. The van der Waals surface area contributed by atoms with Crippen LogP contribution in [0.3, 0.4) is 0 Å². The van der Waals surface area contributed by atoms with Gasteiger partial charge in [0.15, 0.2) is 0 Å². The zero-order valence-corrected chi connectivity index (χ0v) is 11.1. The van der Waals surface area contributed by atoms with Crippen LogP contribution in [0.5, 0.6) is 0 Å². The van der Waals surface area contributed by atoms with Gasteiger partial charge in [-0.1, -0.05) is 0 Å². The van der Waals surface area contributed by atoms with E-state index in [1.54, 1.807) is 35.2 Å². The van der Waals surface area contributed by atoms with Crippen molar-refractivity contribution in [1.29, 1.82) is 0 Å². The number of aromatic nitrogens is 5. The summed E-state index contributed by atoms with van der Waals surface area (Å²) in [6.45, 7) is 0.552. The summed E-state index contributed by atoms with van der Waals surface area (Å²) in [4.78, 5) is 18.4. The molecule has 2 heterocycles. The largest absolute Gasteiger partial charge is 0.395 e. The minimum Gasteiger partial charge on any atom is -0.395 e. The fraction of sp³-hybridized carbons (Fsp3) is 0.455. The summed E-state index contributed by atoms with van der Waals surface area (Å²) in [6, 6.07) is 0. The van der Waals surface area contributed by atoms with E-state index >= 15 is 0 Å². The van der Waals surface area contributed by atoms with Gasteiger partial charge in [-0.2, -0.15) is 15.0 Å². The Morgan fingerprint density at radius 2 is 1.95 bits per heavy atom. The first-order chi connectivity index (χ1) is 9.78. The van der Waals surface area contributed by atoms with Gasteiger partial charge in [-0.15, -0.1) is 0 Å². The molecule has 0 saturated heterocycles. The van der Waals surface area contributed by atoms with Crippen LogP contribution in [0.15, 0.2) is 18.7 Å². The summed E-state index contributed by atoms with van der Waals surface area (Å²) >= 11 is 0. The first-order valence-corrected chi connectivity index (χ1v) is 6.17. The van der Waals surface area contributed by atoms with Gasteiger partial charge in [0.1, 0.15) is 6.33 Å². The summed E-state index contributed by atoms with van der Waals surface area (Å²) in [5, 5.41) is 21.0. The maximum atomic E-state index is 9.08. The average Bonchev–Trinajstić information content (AvgIpc) is 3.01. The van der Waals surface area contributed by atoms with E-state index in [1.165, 1.54) is 0 Å². The van der Waals surface area contributed by atoms with Gasteiger partial charge in [0.2, 0.25) is 17.8 Å². The molecule has 0 spiro atoms. The Bertz CT molecular complexity index is 526. The van der Waals surface area contributed by atoms with Crippen molar-refractivity contribution < 1.29 is 10.2 Å². The second-order valence-corrected chi connectivity index (χ2v) is 3.91. The van der Waals surface area contributed by atoms with E-state index in [2.05, 4.69) is 25.3 Å². The Kier molecular flexibility index (Phi) is 4.80. The number of rotatable bonds is 7. The predicted molar refractivity (Wildman–Crippen MR) is 72.9 cm³/mol. The van der Waals surface area contributed by atoms with Crippen LogP contribution in [-0.2, 0) is 0 Å². The molecule has 0 aliphatic heterocycles. The maximum absolute atomic E-state index is 9.08. The molecule has 0 amide bonds. The average molecular weight is 279 g/mol. The van der Waals surface area contributed by atoms with Crippen LogP contribution in [0.25, 0.3) is 5.95 Å². The Balaban J connectivity index is 2.38. The zero-order valence-electron chi connectivity index (χ0n) is 11.1. The summed E-state index contributed by atoms with van der Waals surface area (Å²) in [5.41, 5.74) is 0. The molecule has 0 fully saturated rings. The van der Waals surface area contributed by atoms with E-state index in [9.17, 15) is 0 Å². The highest BCUT2D eigenvalue weighted by Gasteiger charge is 2.13. The third-order valence-corrected chi connectivity index (χ3v) is 2.59. The minimum atomic E-state index is -0.0546. The molecule has 3 N–H and O–H groups in total. The van der Waals surface area contributed by atoms with Crippen molar-refractivity contribution in [3.05, 3.63) is 18.7 Å². The number of aliphatic hydroxyl groups is 2. The summed E-state index contributed by atoms with van der Waals surface area (Å²) < 4.78 is 1.65. The van der Waals surface area contributed by atoms with Gasteiger partial charge in [-0.3, -0.25) is 4.57 Å². The molecular formula is C11H17N7O2. The van der Waals surface area contributed by atoms with Crippen LogP contribution in [0.2, 0.25) is 0 Å². The van der Waals surface area contributed by atoms with E-state index in [1.807, 2.05) is 0 Å². The van der Waals surface area contributed by atoms with Gasteiger partial charge in [0.05, 0.1) is 13.2 Å². The van der Waals surface area contributed by atoms with Gasteiger partial charge in [0.25, 0.3) is 0 Å². The number of nitrogens with one attached hydrogen (secondary N) is 1. The molecule has 2 aromatic heterocycles. The minimum absolute atomic E-state index is 0.0546. The van der Waals surface area contributed by atoms with Crippen LogP contribution < -0.4 is 10.2 Å². The molecule has 0 unspecified atom stereocenters. The zero-order chi connectivity index (χ0) is 14.4. The van der Waals surface area contributed by atoms with E-state index < -0.39 is 0 Å². The molecule has 0 aliphatic rings. The molecule has 0 aliphatic carbocycles. The lowest BCUT2D eigenvalue weighted by Crippen LogP contribution is -2.32. The highest BCUT2D eigenvalue weighted by Crippen LogP contribution is 2.12. The van der Waals surface area contributed by atoms with Crippen molar-refractivity contribution in [2.24, 2.45) is 0 Å². The highest BCUT2D eigenvalue weighted by molar-refractivity contribution is 5.39. The molecule has 9 nitrogen and oxygen atoms in total. The lowest BCUT2D eigenvalue weighted by atomic mass is 10.5. The van der Waals surface area contributed by atoms with E-state index in [4.69, 9.17) is 10.2 Å². The van der Waals surface area contributed by atoms with Gasteiger partial charge in [-0.05, 0) is 0 Å². The van der Waals surface area contributed by atoms with Crippen molar-refractivity contribution in [1.82, 2.24) is 24.5 Å². The molecule has 0 bridgehead atoms. The molecule has 9 heteroatoms. The second-order valence-electron chi connectivity index (χ2n) is 3.91. The molecule has 0 aromatic carbocycles. The molecule has 0 radical (unpaired) electrons. The third kappa shape index (κ3) is 3.19. The van der Waals surface area contributed by atoms with Crippen molar-refractivity contribution in [2.75, 3.05) is 43.6 Å². The number of hydrogen-bond acceptors (Lipinski definition) is 8. The Morgan fingerprint density at radius 3 is 2.50 bits per heavy atom. The molecular weight excluding hydrogens is 262 g/mol. The monoisotopic (exact) mass is 279 g/mol. The van der Waals surface area contributed by atoms with Gasteiger partial charge < -0.3 is 20.4 Å².